The van der Waals surface area contributed by atoms with Crippen LogP contribution >= 0.6 is 12.2 Å². The molecule has 18 heavy (non-hydrogen) atoms. The van der Waals surface area contributed by atoms with Crippen molar-refractivity contribution in [2.75, 3.05) is 6.54 Å². The first-order valence-electron chi connectivity index (χ1n) is 6.50. The Bertz CT molecular complexity index is 338. The van der Waals surface area contributed by atoms with Gasteiger partial charge in [0.25, 0.3) is 0 Å². The quantitative estimate of drug-likeness (QED) is 0.551. The number of unbranched alkanes of at least 4 members (excludes halogenated alkanes) is 1. The zero-order valence-electron chi connectivity index (χ0n) is 11.2. The lowest BCUT2D eigenvalue weighted by molar-refractivity contribution is 0.512. The monoisotopic (exact) mass is 269 g/mol. The number of hydrogen-bond donors (Lipinski definition) is 2. The fraction of sp³-hybridized carbons (Fsp3) is 0.750. The lowest BCUT2D eigenvalue weighted by Crippen LogP contribution is -2.43. The number of aromatic nitrogens is 3. The number of aryl methyl sites for hydroxylation is 1. The Labute approximate surface area is 114 Å². The van der Waals surface area contributed by atoms with E-state index in [2.05, 4.69) is 29.2 Å². The Morgan fingerprint density at radius 3 is 2.89 bits per heavy atom. The van der Waals surface area contributed by atoms with Crippen molar-refractivity contribution < 1.29 is 0 Å². The molecule has 0 bridgehead atoms. The lowest BCUT2D eigenvalue weighted by atomic mass is 10.00. The van der Waals surface area contributed by atoms with Crippen LogP contribution in [-0.2, 0) is 6.54 Å². The Morgan fingerprint density at radius 2 is 2.28 bits per heavy atom. The Morgan fingerprint density at radius 1 is 1.50 bits per heavy atom. The van der Waals surface area contributed by atoms with E-state index in [1.165, 1.54) is 0 Å². The highest BCUT2D eigenvalue weighted by molar-refractivity contribution is 7.80. The molecule has 1 heterocycles. The van der Waals surface area contributed by atoms with Crippen molar-refractivity contribution in [2.24, 2.45) is 11.7 Å². The van der Waals surface area contributed by atoms with Gasteiger partial charge in [-0.25, -0.2) is 4.98 Å². The molecule has 3 N–H and O–H groups in total. The largest absolute Gasteiger partial charge is 0.378 e. The highest BCUT2D eigenvalue weighted by Gasteiger charge is 2.14. The molecule has 0 aliphatic heterocycles. The molecule has 1 aromatic rings. The van der Waals surface area contributed by atoms with Gasteiger partial charge in [-0.1, -0.05) is 32.5 Å². The van der Waals surface area contributed by atoms with Crippen molar-refractivity contribution in [3.63, 3.8) is 0 Å². The summed E-state index contributed by atoms with van der Waals surface area (Å²) in [6.07, 6.45) is 6.44. The zero-order chi connectivity index (χ0) is 13.4. The molecule has 1 aromatic heterocycles. The summed E-state index contributed by atoms with van der Waals surface area (Å²) >= 11 is 5.28. The van der Waals surface area contributed by atoms with Gasteiger partial charge in [-0.05, 0) is 18.8 Å². The van der Waals surface area contributed by atoms with Crippen LogP contribution in [0, 0.1) is 5.92 Å². The van der Waals surface area contributed by atoms with Crippen molar-refractivity contribution >= 4 is 17.2 Å². The summed E-state index contributed by atoms with van der Waals surface area (Å²) in [7, 11) is 0. The SMILES string of the molecule is CCC(C)[C@H](N)C(=S)NCCCCn1cncn1. The molecule has 0 aromatic carbocycles. The molecule has 0 radical (unpaired) electrons. The molecule has 1 rings (SSSR count). The van der Waals surface area contributed by atoms with Gasteiger partial charge in [0.05, 0.1) is 11.0 Å². The summed E-state index contributed by atoms with van der Waals surface area (Å²) in [5, 5.41) is 7.29. The van der Waals surface area contributed by atoms with Gasteiger partial charge < -0.3 is 11.1 Å². The van der Waals surface area contributed by atoms with Crippen molar-refractivity contribution in [1.82, 2.24) is 20.1 Å². The standard InChI is InChI=1S/C12H23N5S/c1-3-10(2)11(13)12(18)15-6-4-5-7-17-9-14-8-16-17/h8-11H,3-7,13H2,1-2H3,(H,15,18)/t10?,11-/m0/s1. The number of nitrogens with two attached hydrogens (primary N) is 1. The van der Waals surface area contributed by atoms with E-state index >= 15 is 0 Å². The molecule has 0 spiro atoms. The summed E-state index contributed by atoms with van der Waals surface area (Å²) in [4.78, 5) is 4.68. The van der Waals surface area contributed by atoms with Crippen LogP contribution in [-0.4, -0.2) is 32.3 Å². The summed E-state index contributed by atoms with van der Waals surface area (Å²) < 4.78 is 1.84. The number of rotatable bonds is 8. The van der Waals surface area contributed by atoms with Gasteiger partial charge in [-0.15, -0.1) is 0 Å². The van der Waals surface area contributed by atoms with Crippen LogP contribution in [0.5, 0.6) is 0 Å². The number of nitrogens with one attached hydrogen (secondary N) is 1. The second-order valence-electron chi connectivity index (χ2n) is 4.57. The molecular weight excluding hydrogens is 246 g/mol. The predicted octanol–water partition coefficient (Wildman–Crippen LogP) is 1.35. The van der Waals surface area contributed by atoms with Gasteiger partial charge in [0.2, 0.25) is 0 Å². The third-order valence-electron chi connectivity index (χ3n) is 3.14. The number of thiocarbonyl (C=S) groups is 1. The van der Waals surface area contributed by atoms with Gasteiger partial charge in [0.15, 0.2) is 0 Å². The first kappa shape index (κ1) is 15.0. The van der Waals surface area contributed by atoms with Crippen LogP contribution in [0.3, 0.4) is 0 Å². The fourth-order valence-electron chi connectivity index (χ4n) is 1.59. The van der Waals surface area contributed by atoms with E-state index in [-0.39, 0.29) is 6.04 Å². The molecule has 5 nitrogen and oxygen atoms in total. The van der Waals surface area contributed by atoms with Crippen LogP contribution < -0.4 is 11.1 Å². The predicted molar refractivity (Wildman–Crippen MR) is 77.3 cm³/mol. The van der Waals surface area contributed by atoms with E-state index in [0.29, 0.717) is 5.92 Å². The first-order valence-corrected chi connectivity index (χ1v) is 6.91. The number of nitrogens with zero attached hydrogens (tertiary/aromatic N) is 3. The smallest absolute Gasteiger partial charge is 0.137 e. The van der Waals surface area contributed by atoms with Gasteiger partial charge in [0, 0.05) is 13.1 Å². The van der Waals surface area contributed by atoms with Gasteiger partial charge in [-0.3, -0.25) is 4.68 Å². The fourth-order valence-corrected chi connectivity index (χ4v) is 1.92. The molecular formula is C12H23N5S. The molecule has 102 valence electrons. The van der Waals surface area contributed by atoms with Crippen LogP contribution in [0.1, 0.15) is 33.1 Å². The van der Waals surface area contributed by atoms with Crippen LogP contribution in [0.15, 0.2) is 12.7 Å². The average molecular weight is 269 g/mol. The molecule has 0 saturated heterocycles. The van der Waals surface area contributed by atoms with E-state index in [9.17, 15) is 0 Å². The summed E-state index contributed by atoms with van der Waals surface area (Å²) in [6.45, 7) is 6.03. The molecule has 1 unspecified atom stereocenters. The van der Waals surface area contributed by atoms with Crippen molar-refractivity contribution in [1.29, 1.82) is 0 Å². The molecule has 0 aliphatic carbocycles. The van der Waals surface area contributed by atoms with E-state index in [0.717, 1.165) is 37.3 Å². The van der Waals surface area contributed by atoms with Gasteiger partial charge in [0.1, 0.15) is 12.7 Å². The molecule has 0 amide bonds. The lowest BCUT2D eigenvalue weighted by Gasteiger charge is -2.20. The Kier molecular flexibility index (Phi) is 6.82. The minimum atomic E-state index is -0.0275. The zero-order valence-corrected chi connectivity index (χ0v) is 12.0. The Hall–Kier alpha value is -1.01. The summed E-state index contributed by atoms with van der Waals surface area (Å²) in [6, 6.07) is -0.0275. The molecule has 6 heteroatoms. The van der Waals surface area contributed by atoms with Gasteiger partial charge >= 0.3 is 0 Å². The minimum Gasteiger partial charge on any atom is -0.378 e. The van der Waals surface area contributed by atoms with Crippen LogP contribution in [0.4, 0.5) is 0 Å². The first-order chi connectivity index (χ1) is 8.65. The Balaban J connectivity index is 2.08. The third kappa shape index (κ3) is 5.10. The van der Waals surface area contributed by atoms with E-state index in [1.807, 2.05) is 4.68 Å². The van der Waals surface area contributed by atoms with E-state index in [4.69, 9.17) is 18.0 Å². The van der Waals surface area contributed by atoms with E-state index < -0.39 is 0 Å². The van der Waals surface area contributed by atoms with Crippen molar-refractivity contribution in [2.45, 2.75) is 45.7 Å². The third-order valence-corrected chi connectivity index (χ3v) is 3.56. The topological polar surface area (TPSA) is 68.8 Å². The highest BCUT2D eigenvalue weighted by Crippen LogP contribution is 2.06. The molecule has 0 aliphatic rings. The summed E-state index contributed by atoms with van der Waals surface area (Å²) in [5.74, 6) is 0.431. The van der Waals surface area contributed by atoms with Gasteiger partial charge in [-0.2, -0.15) is 5.10 Å². The number of hydrogen-bond acceptors (Lipinski definition) is 4. The van der Waals surface area contributed by atoms with Crippen molar-refractivity contribution in [3.05, 3.63) is 12.7 Å². The normalized spacial score (nSPS) is 14.2. The molecule has 0 saturated carbocycles. The van der Waals surface area contributed by atoms with Crippen molar-refractivity contribution in [3.8, 4) is 0 Å². The summed E-state index contributed by atoms with van der Waals surface area (Å²) in [5.41, 5.74) is 6.04. The van der Waals surface area contributed by atoms with E-state index in [1.54, 1.807) is 12.7 Å². The van der Waals surface area contributed by atoms with Crippen LogP contribution in [0.2, 0.25) is 0 Å². The minimum absolute atomic E-state index is 0.0275. The maximum absolute atomic E-state index is 6.04. The maximum Gasteiger partial charge on any atom is 0.137 e. The average Bonchev–Trinajstić information content (AvgIpc) is 2.89. The second kappa shape index (κ2) is 8.16. The maximum atomic E-state index is 6.04. The molecule has 0 fully saturated rings. The second-order valence-corrected chi connectivity index (χ2v) is 5.01. The highest BCUT2D eigenvalue weighted by atomic mass is 32.1. The van der Waals surface area contributed by atoms with Crippen LogP contribution in [0.25, 0.3) is 0 Å². The molecule has 2 atom stereocenters.